The van der Waals surface area contributed by atoms with Gasteiger partial charge in [0.2, 0.25) is 0 Å². The minimum absolute atomic E-state index is 0.627. The molecule has 0 amide bonds. The summed E-state index contributed by atoms with van der Waals surface area (Å²) in [6, 6.07) is 6.35. The first kappa shape index (κ1) is 10.7. The molecule has 2 heteroatoms. The average Bonchev–Trinajstić information content (AvgIpc) is 2.48. The fourth-order valence-electron chi connectivity index (χ4n) is 1.86. The van der Waals surface area contributed by atoms with Crippen LogP contribution in [-0.2, 0) is 6.42 Å². The quantitative estimate of drug-likeness (QED) is 0.821. The van der Waals surface area contributed by atoms with Crippen molar-refractivity contribution in [2.24, 2.45) is 0 Å². The Kier molecular flexibility index (Phi) is 2.57. The number of aliphatic hydroxyl groups is 1. The first-order chi connectivity index (χ1) is 6.97. The number of benzene rings is 1. The van der Waals surface area contributed by atoms with Crippen molar-refractivity contribution < 1.29 is 5.11 Å². The van der Waals surface area contributed by atoms with Crippen LogP contribution in [0, 0.1) is 6.92 Å². The van der Waals surface area contributed by atoms with E-state index in [-0.39, 0.29) is 0 Å². The number of hydrogen-bond donors (Lipinski definition) is 1. The van der Waals surface area contributed by atoms with Gasteiger partial charge in [-0.1, -0.05) is 18.2 Å². The molecular weight excluding hydrogens is 204 g/mol. The van der Waals surface area contributed by atoms with E-state index in [1.165, 1.54) is 21.2 Å². The molecule has 0 saturated heterocycles. The SMILES string of the molecule is Cc1cccc2c(CC(C)(C)O)csc12. The van der Waals surface area contributed by atoms with E-state index < -0.39 is 5.60 Å². The minimum Gasteiger partial charge on any atom is -0.390 e. The lowest BCUT2D eigenvalue weighted by atomic mass is 9.98. The largest absolute Gasteiger partial charge is 0.390 e. The number of fused-ring (bicyclic) bond motifs is 1. The first-order valence-electron chi connectivity index (χ1n) is 5.15. The normalized spacial score (nSPS) is 12.3. The summed E-state index contributed by atoms with van der Waals surface area (Å²) in [7, 11) is 0. The zero-order valence-electron chi connectivity index (χ0n) is 9.37. The molecule has 1 aromatic heterocycles. The van der Waals surface area contributed by atoms with Crippen LogP contribution in [0.25, 0.3) is 10.1 Å². The molecule has 0 aliphatic rings. The molecule has 1 heterocycles. The molecule has 0 unspecified atom stereocenters. The van der Waals surface area contributed by atoms with Crippen LogP contribution in [0.15, 0.2) is 23.6 Å². The van der Waals surface area contributed by atoms with Crippen molar-refractivity contribution in [2.45, 2.75) is 32.8 Å². The van der Waals surface area contributed by atoms with Gasteiger partial charge in [-0.15, -0.1) is 11.3 Å². The Bertz CT molecular complexity index is 477. The van der Waals surface area contributed by atoms with Crippen LogP contribution in [0.5, 0.6) is 0 Å². The van der Waals surface area contributed by atoms with Gasteiger partial charge in [-0.3, -0.25) is 0 Å². The number of hydrogen-bond acceptors (Lipinski definition) is 2. The zero-order valence-corrected chi connectivity index (χ0v) is 10.2. The van der Waals surface area contributed by atoms with Gasteiger partial charge in [0.1, 0.15) is 0 Å². The molecule has 0 atom stereocenters. The number of thiophene rings is 1. The van der Waals surface area contributed by atoms with Crippen LogP contribution in [0.3, 0.4) is 0 Å². The van der Waals surface area contributed by atoms with E-state index in [0.717, 1.165) is 6.42 Å². The van der Waals surface area contributed by atoms with Gasteiger partial charge in [-0.05, 0) is 42.7 Å². The molecule has 0 aliphatic heterocycles. The van der Waals surface area contributed by atoms with E-state index in [1.54, 1.807) is 11.3 Å². The molecule has 0 spiro atoms. The van der Waals surface area contributed by atoms with Crippen LogP contribution in [0.2, 0.25) is 0 Å². The van der Waals surface area contributed by atoms with E-state index in [2.05, 4.69) is 30.5 Å². The second kappa shape index (κ2) is 3.62. The van der Waals surface area contributed by atoms with Crippen LogP contribution < -0.4 is 0 Å². The summed E-state index contributed by atoms with van der Waals surface area (Å²) in [4.78, 5) is 0. The maximum Gasteiger partial charge on any atom is 0.0632 e. The highest BCUT2D eigenvalue weighted by Crippen LogP contribution is 2.30. The fraction of sp³-hybridized carbons (Fsp3) is 0.385. The molecule has 0 aliphatic carbocycles. The van der Waals surface area contributed by atoms with Gasteiger partial charge in [-0.2, -0.15) is 0 Å². The summed E-state index contributed by atoms with van der Waals surface area (Å²) in [5.41, 5.74) is 1.95. The molecule has 1 N–H and O–H groups in total. The third-order valence-corrected chi connectivity index (χ3v) is 3.68. The van der Waals surface area contributed by atoms with Crippen LogP contribution in [0.1, 0.15) is 25.0 Å². The summed E-state index contributed by atoms with van der Waals surface area (Å²) in [5.74, 6) is 0. The van der Waals surface area contributed by atoms with E-state index in [0.29, 0.717) is 0 Å². The Hall–Kier alpha value is -0.860. The number of aryl methyl sites for hydroxylation is 1. The maximum atomic E-state index is 9.82. The summed E-state index contributed by atoms with van der Waals surface area (Å²) in [6.45, 7) is 5.84. The Morgan fingerprint density at radius 2 is 2.07 bits per heavy atom. The molecule has 2 rings (SSSR count). The Labute approximate surface area is 94.4 Å². The zero-order chi connectivity index (χ0) is 11.1. The smallest absolute Gasteiger partial charge is 0.0632 e. The highest BCUT2D eigenvalue weighted by Gasteiger charge is 2.16. The summed E-state index contributed by atoms with van der Waals surface area (Å²) >= 11 is 1.77. The summed E-state index contributed by atoms with van der Waals surface area (Å²) in [6.07, 6.45) is 0.719. The lowest BCUT2D eigenvalue weighted by molar-refractivity contribution is 0.0814. The fourth-order valence-corrected chi connectivity index (χ4v) is 2.91. The maximum absolute atomic E-state index is 9.82. The Morgan fingerprint density at radius 3 is 2.73 bits per heavy atom. The van der Waals surface area contributed by atoms with Gasteiger partial charge in [-0.25, -0.2) is 0 Å². The molecule has 0 bridgehead atoms. The molecule has 2 aromatic rings. The van der Waals surface area contributed by atoms with Crippen LogP contribution >= 0.6 is 11.3 Å². The van der Waals surface area contributed by atoms with E-state index in [4.69, 9.17) is 0 Å². The van der Waals surface area contributed by atoms with Gasteiger partial charge in [0.15, 0.2) is 0 Å². The highest BCUT2D eigenvalue weighted by molar-refractivity contribution is 7.17. The molecular formula is C13H16OS. The van der Waals surface area contributed by atoms with Gasteiger partial charge in [0.05, 0.1) is 5.60 Å². The summed E-state index contributed by atoms with van der Waals surface area (Å²) in [5, 5.41) is 13.3. The molecule has 0 radical (unpaired) electrons. The number of rotatable bonds is 2. The average molecular weight is 220 g/mol. The standard InChI is InChI=1S/C13H16OS/c1-9-5-4-6-11-10(7-13(2,3)14)8-15-12(9)11/h4-6,8,14H,7H2,1-3H3. The van der Waals surface area contributed by atoms with E-state index >= 15 is 0 Å². The van der Waals surface area contributed by atoms with Gasteiger partial charge in [0, 0.05) is 11.1 Å². The second-order valence-corrected chi connectivity index (χ2v) is 5.58. The molecule has 1 nitrogen and oxygen atoms in total. The predicted molar refractivity (Wildman–Crippen MR) is 66.6 cm³/mol. The van der Waals surface area contributed by atoms with Crippen molar-refractivity contribution >= 4 is 21.4 Å². The van der Waals surface area contributed by atoms with Gasteiger partial charge in [0.25, 0.3) is 0 Å². The molecule has 15 heavy (non-hydrogen) atoms. The first-order valence-corrected chi connectivity index (χ1v) is 6.03. The Balaban J connectivity index is 2.50. The third kappa shape index (κ3) is 2.21. The van der Waals surface area contributed by atoms with Crippen molar-refractivity contribution in [3.05, 3.63) is 34.7 Å². The highest BCUT2D eigenvalue weighted by atomic mass is 32.1. The van der Waals surface area contributed by atoms with Gasteiger partial charge >= 0.3 is 0 Å². The minimum atomic E-state index is -0.627. The van der Waals surface area contributed by atoms with Crippen molar-refractivity contribution in [1.82, 2.24) is 0 Å². The van der Waals surface area contributed by atoms with Crippen molar-refractivity contribution in [3.8, 4) is 0 Å². The molecule has 1 aromatic carbocycles. The third-order valence-electron chi connectivity index (χ3n) is 2.50. The lowest BCUT2D eigenvalue weighted by Gasteiger charge is -2.16. The lowest BCUT2D eigenvalue weighted by Crippen LogP contribution is -2.21. The van der Waals surface area contributed by atoms with E-state index in [9.17, 15) is 5.11 Å². The van der Waals surface area contributed by atoms with Crippen LogP contribution in [0.4, 0.5) is 0 Å². The van der Waals surface area contributed by atoms with Crippen molar-refractivity contribution in [3.63, 3.8) is 0 Å². The second-order valence-electron chi connectivity index (χ2n) is 4.70. The molecule has 80 valence electrons. The molecule has 0 fully saturated rings. The van der Waals surface area contributed by atoms with E-state index in [1.807, 2.05) is 13.8 Å². The van der Waals surface area contributed by atoms with Crippen molar-refractivity contribution in [1.29, 1.82) is 0 Å². The Morgan fingerprint density at radius 1 is 1.33 bits per heavy atom. The van der Waals surface area contributed by atoms with Gasteiger partial charge < -0.3 is 5.11 Å². The topological polar surface area (TPSA) is 20.2 Å². The molecule has 0 saturated carbocycles. The van der Waals surface area contributed by atoms with Crippen molar-refractivity contribution in [2.75, 3.05) is 0 Å². The monoisotopic (exact) mass is 220 g/mol. The van der Waals surface area contributed by atoms with Crippen LogP contribution in [-0.4, -0.2) is 10.7 Å². The predicted octanol–water partition coefficient (Wildman–Crippen LogP) is 3.52. The summed E-state index contributed by atoms with van der Waals surface area (Å²) < 4.78 is 1.34.